The molecule has 4 rings (SSSR count). The minimum Gasteiger partial charge on any atom is -0.112 e. The van der Waals surface area contributed by atoms with E-state index < -0.39 is 0 Å². The quantitative estimate of drug-likeness (QED) is 0.495. The van der Waals surface area contributed by atoms with E-state index in [0.29, 0.717) is 0 Å². The fourth-order valence-corrected chi connectivity index (χ4v) is 3.36. The van der Waals surface area contributed by atoms with Crippen molar-refractivity contribution < 1.29 is 0 Å². The van der Waals surface area contributed by atoms with Crippen molar-refractivity contribution in [1.82, 2.24) is 0 Å². The second kappa shape index (κ2) is 6.24. The minimum atomic E-state index is 0.127. The zero-order valence-corrected chi connectivity index (χ0v) is 14.8. The lowest BCUT2D eigenvalue weighted by Gasteiger charge is -2.09. The summed E-state index contributed by atoms with van der Waals surface area (Å²) in [6, 6.07) is 30.1. The van der Waals surface area contributed by atoms with Crippen LogP contribution in [0.25, 0.3) is 5.57 Å². The van der Waals surface area contributed by atoms with Crippen molar-refractivity contribution in [2.45, 2.75) is 25.7 Å². The van der Waals surface area contributed by atoms with Crippen molar-refractivity contribution in [2.75, 3.05) is 0 Å². The smallest absolute Gasteiger partial charge is 0.0309 e. The maximum absolute atomic E-state index is 3.76. The molecule has 0 heteroatoms. The van der Waals surface area contributed by atoms with Crippen molar-refractivity contribution in [2.24, 2.45) is 0 Å². The molecule has 1 saturated carbocycles. The highest BCUT2D eigenvalue weighted by Crippen LogP contribution is 2.53. The first-order chi connectivity index (χ1) is 12.2. The molecule has 122 valence electrons. The topological polar surface area (TPSA) is 0 Å². The molecule has 0 N–H and O–H groups in total. The number of aryl methyl sites for hydroxylation is 1. The van der Waals surface area contributed by atoms with Gasteiger partial charge in [0.25, 0.3) is 0 Å². The van der Waals surface area contributed by atoms with Crippen molar-refractivity contribution in [3.05, 3.63) is 118 Å². The van der Waals surface area contributed by atoms with Gasteiger partial charge in [0.15, 0.2) is 0 Å². The monoisotopic (exact) mass is 322 g/mol. The highest BCUT2D eigenvalue weighted by Gasteiger charge is 2.45. The molecule has 0 aliphatic heterocycles. The summed E-state index contributed by atoms with van der Waals surface area (Å²) in [5, 5.41) is 0. The van der Waals surface area contributed by atoms with Crippen LogP contribution in [0.15, 0.2) is 96.2 Å². The Morgan fingerprint density at radius 2 is 1.28 bits per heavy atom. The van der Waals surface area contributed by atoms with Crippen molar-refractivity contribution in [1.29, 1.82) is 0 Å². The van der Waals surface area contributed by atoms with E-state index in [-0.39, 0.29) is 5.41 Å². The van der Waals surface area contributed by atoms with Crippen molar-refractivity contribution in [3.63, 3.8) is 0 Å². The Balaban J connectivity index is 1.83. The summed E-state index contributed by atoms with van der Waals surface area (Å²) in [6.07, 6.45) is 1.08. The molecule has 0 radical (unpaired) electrons. The maximum Gasteiger partial charge on any atom is 0.0309 e. The van der Waals surface area contributed by atoms with Gasteiger partial charge in [-0.3, -0.25) is 0 Å². The van der Waals surface area contributed by atoms with Crippen LogP contribution >= 0.6 is 0 Å². The van der Waals surface area contributed by atoms with Crippen molar-refractivity contribution in [3.8, 4) is 0 Å². The fraction of sp³-hybridized carbons (Fsp3) is 0.160. The zero-order chi connectivity index (χ0) is 17.3. The van der Waals surface area contributed by atoms with Crippen LogP contribution in [-0.2, 0) is 5.41 Å². The largest absolute Gasteiger partial charge is 0.112 e. The molecule has 1 unspecified atom stereocenters. The minimum absolute atomic E-state index is 0.127. The summed E-state index contributed by atoms with van der Waals surface area (Å²) >= 11 is 0. The third-order valence-corrected chi connectivity index (χ3v) is 5.16. The zero-order valence-electron chi connectivity index (χ0n) is 14.8. The van der Waals surface area contributed by atoms with Crippen LogP contribution in [0.4, 0.5) is 0 Å². The molecule has 0 spiro atoms. The van der Waals surface area contributed by atoms with E-state index in [9.17, 15) is 0 Å². The van der Waals surface area contributed by atoms with Gasteiger partial charge in [0.1, 0.15) is 0 Å². The van der Waals surface area contributed by atoms with Gasteiger partial charge in [-0.2, -0.15) is 0 Å². The van der Waals surface area contributed by atoms with E-state index in [4.69, 9.17) is 0 Å². The van der Waals surface area contributed by atoms with E-state index in [2.05, 4.69) is 105 Å². The summed E-state index contributed by atoms with van der Waals surface area (Å²) in [4.78, 5) is 0. The second-order valence-electron chi connectivity index (χ2n) is 7.09. The summed E-state index contributed by atoms with van der Waals surface area (Å²) in [6.45, 7) is 4.46. The van der Waals surface area contributed by atoms with E-state index in [1.54, 1.807) is 0 Å². The standard InChI is InChI=1S/C25H22/c1-19-13-15-22(16-14-19)25(2)18-23(25)17-24(20-9-5-3-6-10-20)21-11-7-4-8-12-21/h3-16H,18H2,1-2H3. The highest BCUT2D eigenvalue weighted by molar-refractivity contribution is 5.80. The third kappa shape index (κ3) is 3.09. The van der Waals surface area contributed by atoms with Gasteiger partial charge in [-0.25, -0.2) is 0 Å². The molecule has 0 nitrogen and oxygen atoms in total. The van der Waals surface area contributed by atoms with Gasteiger partial charge in [0.2, 0.25) is 0 Å². The predicted molar refractivity (Wildman–Crippen MR) is 106 cm³/mol. The first kappa shape index (κ1) is 15.7. The lowest BCUT2D eigenvalue weighted by molar-refractivity contribution is 0.821. The lowest BCUT2D eigenvalue weighted by atomic mass is 9.95. The summed E-state index contributed by atoms with van der Waals surface area (Å²) < 4.78 is 0. The van der Waals surface area contributed by atoms with Gasteiger partial charge < -0.3 is 0 Å². The number of allylic oxidation sites excluding steroid dienone is 1. The second-order valence-corrected chi connectivity index (χ2v) is 7.09. The Bertz CT molecular complexity index is 898. The van der Waals surface area contributed by atoms with Crippen molar-refractivity contribution >= 4 is 5.57 Å². The Kier molecular flexibility index (Phi) is 3.92. The molecule has 1 aliphatic rings. The van der Waals surface area contributed by atoms with Gasteiger partial charge in [-0.15, -0.1) is 5.73 Å². The molecule has 1 aliphatic carbocycles. The first-order valence-electron chi connectivity index (χ1n) is 8.85. The third-order valence-electron chi connectivity index (χ3n) is 5.16. The predicted octanol–water partition coefficient (Wildman–Crippen LogP) is 6.31. The summed E-state index contributed by atoms with van der Waals surface area (Å²) in [5.74, 6) is 0. The Morgan fingerprint density at radius 1 is 0.760 bits per heavy atom. The summed E-state index contributed by atoms with van der Waals surface area (Å²) in [7, 11) is 0. The van der Waals surface area contributed by atoms with Crippen LogP contribution in [0.5, 0.6) is 0 Å². The summed E-state index contributed by atoms with van der Waals surface area (Å²) in [5.41, 5.74) is 11.6. The molecule has 0 amide bonds. The van der Waals surface area contributed by atoms with E-state index in [0.717, 1.165) is 6.42 Å². The average Bonchev–Trinajstić information content (AvgIpc) is 3.32. The molecular weight excluding hydrogens is 300 g/mol. The molecule has 3 aromatic carbocycles. The molecule has 0 saturated heterocycles. The van der Waals surface area contributed by atoms with Gasteiger partial charge in [0, 0.05) is 11.0 Å². The molecular formula is C25H22. The van der Waals surface area contributed by atoms with Crippen LogP contribution in [0, 0.1) is 6.92 Å². The molecule has 0 bridgehead atoms. The molecule has 1 fully saturated rings. The first-order valence-corrected chi connectivity index (χ1v) is 8.85. The Hall–Kier alpha value is -2.82. The van der Waals surface area contributed by atoms with Crippen LogP contribution in [0.3, 0.4) is 0 Å². The van der Waals surface area contributed by atoms with Gasteiger partial charge in [-0.1, -0.05) is 97.4 Å². The van der Waals surface area contributed by atoms with Gasteiger partial charge in [0.05, 0.1) is 0 Å². The van der Waals surface area contributed by atoms with Crippen LogP contribution < -0.4 is 0 Å². The SMILES string of the molecule is Cc1ccc(C2(C)CC2=C=C(c2ccccc2)c2ccccc2)cc1. The Morgan fingerprint density at radius 3 is 1.80 bits per heavy atom. The average molecular weight is 322 g/mol. The van der Waals surface area contributed by atoms with Crippen LogP contribution in [0.2, 0.25) is 0 Å². The van der Waals surface area contributed by atoms with Gasteiger partial charge >= 0.3 is 0 Å². The number of rotatable bonds is 3. The number of hydrogen-bond acceptors (Lipinski definition) is 0. The van der Waals surface area contributed by atoms with E-state index in [1.165, 1.54) is 33.4 Å². The molecule has 0 heterocycles. The molecule has 0 aromatic heterocycles. The lowest BCUT2D eigenvalue weighted by Crippen LogP contribution is -1.99. The highest BCUT2D eigenvalue weighted by atomic mass is 14.5. The normalized spacial score (nSPS) is 18.6. The fourth-order valence-electron chi connectivity index (χ4n) is 3.36. The molecule has 25 heavy (non-hydrogen) atoms. The number of hydrogen-bond donors (Lipinski definition) is 0. The van der Waals surface area contributed by atoms with Gasteiger partial charge in [-0.05, 0) is 35.6 Å². The Labute approximate surface area is 150 Å². The van der Waals surface area contributed by atoms with Crippen LogP contribution in [-0.4, -0.2) is 0 Å². The van der Waals surface area contributed by atoms with E-state index >= 15 is 0 Å². The number of benzene rings is 3. The van der Waals surface area contributed by atoms with Crippen LogP contribution in [0.1, 0.15) is 35.6 Å². The molecule has 3 aromatic rings. The maximum atomic E-state index is 3.76. The molecule has 1 atom stereocenters. The van der Waals surface area contributed by atoms with E-state index in [1.807, 2.05) is 0 Å².